The Morgan fingerprint density at radius 2 is 1.95 bits per heavy atom. The van der Waals surface area contributed by atoms with Gasteiger partial charge >= 0.3 is 6.03 Å². The summed E-state index contributed by atoms with van der Waals surface area (Å²) in [5.41, 5.74) is 4.53. The van der Waals surface area contributed by atoms with Gasteiger partial charge < -0.3 is 10.2 Å². The number of amides is 2. The number of nitrogens with one attached hydrogen (secondary N) is 1. The van der Waals surface area contributed by atoms with Crippen LogP contribution in [-0.2, 0) is 0 Å². The van der Waals surface area contributed by atoms with Gasteiger partial charge in [-0.25, -0.2) is 4.79 Å². The number of hydrogen-bond acceptors (Lipinski definition) is 1. The molecule has 0 radical (unpaired) electrons. The summed E-state index contributed by atoms with van der Waals surface area (Å²) in [6.45, 7) is 4.96. The Hall–Kier alpha value is -2.29. The van der Waals surface area contributed by atoms with Crippen LogP contribution in [0.2, 0.25) is 0 Å². The highest BCUT2D eigenvalue weighted by Gasteiger charge is 2.30. The summed E-state index contributed by atoms with van der Waals surface area (Å²) in [4.78, 5) is 14.6. The van der Waals surface area contributed by atoms with Crippen molar-refractivity contribution in [1.82, 2.24) is 4.90 Å². The molecule has 1 atom stereocenters. The summed E-state index contributed by atoms with van der Waals surface area (Å²) in [5, 5.41) is 3.03. The second kappa shape index (κ2) is 6.22. The predicted octanol–water partition coefficient (Wildman–Crippen LogP) is 4.67. The Labute approximate surface area is 132 Å². The number of carbonyl (C=O) groups is 1. The minimum atomic E-state index is -0.00338. The van der Waals surface area contributed by atoms with Gasteiger partial charge in [-0.2, -0.15) is 0 Å². The van der Waals surface area contributed by atoms with E-state index in [1.807, 2.05) is 42.2 Å². The molecule has 0 bridgehead atoms. The van der Waals surface area contributed by atoms with Gasteiger partial charge in [-0.3, -0.25) is 0 Å². The summed E-state index contributed by atoms with van der Waals surface area (Å²) in [5.74, 6) is 0. The van der Waals surface area contributed by atoms with E-state index in [1.165, 1.54) is 11.1 Å². The number of hydrogen-bond donors (Lipinski definition) is 1. The fourth-order valence-electron chi connectivity index (χ4n) is 3.21. The normalized spacial score (nSPS) is 17.5. The molecule has 3 rings (SSSR count). The molecule has 0 spiro atoms. The van der Waals surface area contributed by atoms with Gasteiger partial charge in [0.1, 0.15) is 0 Å². The predicted molar refractivity (Wildman–Crippen MR) is 90.1 cm³/mol. The second-order valence-electron chi connectivity index (χ2n) is 6.01. The lowest BCUT2D eigenvalue weighted by molar-refractivity contribution is 0.207. The molecule has 1 N–H and O–H groups in total. The number of rotatable bonds is 2. The van der Waals surface area contributed by atoms with Crippen LogP contribution in [0.1, 0.15) is 35.6 Å². The van der Waals surface area contributed by atoms with Crippen molar-refractivity contribution in [2.24, 2.45) is 0 Å². The number of urea groups is 1. The Bertz CT molecular complexity index is 681. The molecule has 0 aliphatic carbocycles. The number of carbonyl (C=O) groups excluding carboxylic acids is 1. The van der Waals surface area contributed by atoms with Gasteiger partial charge in [0.2, 0.25) is 0 Å². The van der Waals surface area contributed by atoms with Crippen LogP contribution in [0.4, 0.5) is 10.5 Å². The van der Waals surface area contributed by atoms with Crippen molar-refractivity contribution >= 4 is 11.7 Å². The van der Waals surface area contributed by atoms with Crippen LogP contribution in [0, 0.1) is 13.8 Å². The summed E-state index contributed by atoms with van der Waals surface area (Å²) >= 11 is 0. The van der Waals surface area contributed by atoms with E-state index in [0.717, 1.165) is 30.6 Å². The molecule has 2 aromatic carbocycles. The first-order valence-electron chi connectivity index (χ1n) is 7.85. The van der Waals surface area contributed by atoms with E-state index >= 15 is 0 Å². The van der Waals surface area contributed by atoms with Gasteiger partial charge in [0, 0.05) is 12.2 Å². The Kier molecular flexibility index (Phi) is 4.14. The number of anilines is 1. The number of aryl methyl sites for hydroxylation is 2. The number of likely N-dealkylation sites (tertiary alicyclic amines) is 1. The van der Waals surface area contributed by atoms with Crippen molar-refractivity contribution in [3.63, 3.8) is 0 Å². The van der Waals surface area contributed by atoms with Gasteiger partial charge in [0.15, 0.2) is 0 Å². The Morgan fingerprint density at radius 3 is 2.73 bits per heavy atom. The second-order valence-corrected chi connectivity index (χ2v) is 6.01. The molecule has 0 saturated carbocycles. The first-order chi connectivity index (χ1) is 10.6. The van der Waals surface area contributed by atoms with Crippen molar-refractivity contribution < 1.29 is 4.79 Å². The highest BCUT2D eigenvalue weighted by atomic mass is 16.2. The van der Waals surface area contributed by atoms with E-state index < -0.39 is 0 Å². The molecule has 0 unspecified atom stereocenters. The van der Waals surface area contributed by atoms with Crippen molar-refractivity contribution in [3.8, 4) is 0 Å². The standard InChI is InChI=1S/C19H22N2O/c1-14-7-5-9-16(13-14)20-19(22)21-12-6-11-18(21)17-10-4-3-8-15(17)2/h3-5,7-10,13,18H,6,11-12H2,1-2H3,(H,20,22)/t18-/m1/s1. The molecule has 3 nitrogen and oxygen atoms in total. The molecule has 1 heterocycles. The molecule has 1 aliphatic heterocycles. The molecular weight excluding hydrogens is 272 g/mol. The smallest absolute Gasteiger partial charge is 0.317 e. The minimum absolute atomic E-state index is 0.00338. The van der Waals surface area contributed by atoms with Crippen molar-refractivity contribution in [2.45, 2.75) is 32.7 Å². The molecule has 0 aromatic heterocycles. The lowest BCUT2D eigenvalue weighted by atomic mass is 9.99. The van der Waals surface area contributed by atoms with Gasteiger partial charge in [-0.05, 0) is 55.5 Å². The average molecular weight is 294 g/mol. The number of nitrogens with zero attached hydrogens (tertiary/aromatic N) is 1. The van der Waals surface area contributed by atoms with E-state index in [9.17, 15) is 4.79 Å². The zero-order valence-electron chi connectivity index (χ0n) is 13.2. The third-order valence-corrected chi connectivity index (χ3v) is 4.33. The van der Waals surface area contributed by atoms with E-state index in [0.29, 0.717) is 0 Å². The topological polar surface area (TPSA) is 32.3 Å². The lowest BCUT2D eigenvalue weighted by Crippen LogP contribution is -2.34. The van der Waals surface area contributed by atoms with Crippen molar-refractivity contribution in [2.75, 3.05) is 11.9 Å². The van der Waals surface area contributed by atoms with Crippen LogP contribution < -0.4 is 5.32 Å². The third-order valence-electron chi connectivity index (χ3n) is 4.33. The molecule has 114 valence electrons. The van der Waals surface area contributed by atoms with E-state index in [-0.39, 0.29) is 12.1 Å². The Balaban J connectivity index is 1.78. The summed E-state index contributed by atoms with van der Waals surface area (Å²) in [7, 11) is 0. The fourth-order valence-corrected chi connectivity index (χ4v) is 3.21. The highest BCUT2D eigenvalue weighted by Crippen LogP contribution is 2.34. The van der Waals surface area contributed by atoms with Gasteiger partial charge in [-0.15, -0.1) is 0 Å². The molecular formula is C19H22N2O. The molecule has 1 saturated heterocycles. The third kappa shape index (κ3) is 2.98. The minimum Gasteiger partial charge on any atom is -0.317 e. The van der Waals surface area contributed by atoms with Gasteiger partial charge in [-0.1, -0.05) is 36.4 Å². The molecule has 1 aliphatic rings. The largest absolute Gasteiger partial charge is 0.322 e. The van der Waals surface area contributed by atoms with Crippen LogP contribution in [0.15, 0.2) is 48.5 Å². The van der Waals surface area contributed by atoms with Gasteiger partial charge in [0.05, 0.1) is 6.04 Å². The van der Waals surface area contributed by atoms with Crippen LogP contribution in [0.25, 0.3) is 0 Å². The summed E-state index contributed by atoms with van der Waals surface area (Å²) in [6.07, 6.45) is 2.09. The molecule has 3 heteroatoms. The monoisotopic (exact) mass is 294 g/mol. The summed E-state index contributed by atoms with van der Waals surface area (Å²) < 4.78 is 0. The van der Waals surface area contributed by atoms with Gasteiger partial charge in [0.25, 0.3) is 0 Å². The van der Waals surface area contributed by atoms with Crippen molar-refractivity contribution in [1.29, 1.82) is 0 Å². The van der Waals surface area contributed by atoms with Crippen LogP contribution in [0.5, 0.6) is 0 Å². The maximum absolute atomic E-state index is 12.6. The zero-order chi connectivity index (χ0) is 15.5. The zero-order valence-corrected chi connectivity index (χ0v) is 13.2. The van der Waals surface area contributed by atoms with Crippen LogP contribution in [0.3, 0.4) is 0 Å². The number of benzene rings is 2. The first kappa shape index (κ1) is 14.6. The summed E-state index contributed by atoms with van der Waals surface area (Å²) in [6, 6.07) is 16.5. The molecule has 2 aromatic rings. The Morgan fingerprint density at radius 1 is 1.14 bits per heavy atom. The first-order valence-corrected chi connectivity index (χ1v) is 7.85. The average Bonchev–Trinajstić information content (AvgIpc) is 2.97. The van der Waals surface area contributed by atoms with Crippen molar-refractivity contribution in [3.05, 3.63) is 65.2 Å². The molecule has 1 fully saturated rings. The maximum atomic E-state index is 12.6. The van der Waals surface area contributed by atoms with E-state index in [2.05, 4.69) is 30.4 Å². The lowest BCUT2D eigenvalue weighted by Gasteiger charge is -2.26. The maximum Gasteiger partial charge on any atom is 0.322 e. The quantitative estimate of drug-likeness (QED) is 0.857. The molecule has 2 amide bonds. The van der Waals surface area contributed by atoms with Crippen LogP contribution in [-0.4, -0.2) is 17.5 Å². The SMILES string of the molecule is Cc1cccc(NC(=O)N2CCC[C@@H]2c2ccccc2C)c1. The molecule has 22 heavy (non-hydrogen) atoms. The fraction of sp³-hybridized carbons (Fsp3) is 0.316. The van der Waals surface area contributed by atoms with E-state index in [4.69, 9.17) is 0 Å². The van der Waals surface area contributed by atoms with E-state index in [1.54, 1.807) is 0 Å². The highest BCUT2D eigenvalue weighted by molar-refractivity contribution is 5.90. The van der Waals surface area contributed by atoms with Crippen LogP contribution >= 0.6 is 0 Å².